The highest BCUT2D eigenvalue weighted by atomic mass is 16.5. The minimum Gasteiger partial charge on any atom is -0.449 e. The highest BCUT2D eigenvalue weighted by Gasteiger charge is 2.29. The molecule has 1 N–H and O–H groups in total. The molecule has 1 aliphatic heterocycles. The van der Waals surface area contributed by atoms with E-state index < -0.39 is 18.0 Å². The molecule has 0 saturated heterocycles. The number of aromatic nitrogens is 2. The molecule has 156 valence electrons. The molecule has 0 radical (unpaired) electrons. The van der Waals surface area contributed by atoms with Gasteiger partial charge in [0, 0.05) is 42.2 Å². The van der Waals surface area contributed by atoms with E-state index in [1.807, 2.05) is 31.3 Å². The van der Waals surface area contributed by atoms with E-state index in [1.54, 1.807) is 19.9 Å². The molecular formula is C22H24N4O4. The molecule has 8 heteroatoms. The first-order valence-electron chi connectivity index (χ1n) is 10.0. The first-order chi connectivity index (χ1) is 14.5. The van der Waals surface area contributed by atoms with Crippen LogP contribution in [-0.2, 0) is 22.5 Å². The summed E-state index contributed by atoms with van der Waals surface area (Å²) in [5.41, 5.74) is 3.03. The zero-order valence-corrected chi connectivity index (χ0v) is 17.3. The number of pyridine rings is 1. The van der Waals surface area contributed by atoms with E-state index in [1.165, 1.54) is 0 Å². The molecule has 0 aliphatic carbocycles. The van der Waals surface area contributed by atoms with E-state index in [-0.39, 0.29) is 0 Å². The molecule has 1 aliphatic rings. The minimum atomic E-state index is -0.946. The summed E-state index contributed by atoms with van der Waals surface area (Å²) < 4.78 is 10.6. The van der Waals surface area contributed by atoms with Crippen LogP contribution in [0.25, 0.3) is 10.9 Å². The normalized spacial score (nSPS) is 14.9. The van der Waals surface area contributed by atoms with Gasteiger partial charge in [-0.25, -0.2) is 4.79 Å². The van der Waals surface area contributed by atoms with Crippen LogP contribution >= 0.6 is 0 Å². The molecule has 8 nitrogen and oxygen atoms in total. The summed E-state index contributed by atoms with van der Waals surface area (Å²) in [5, 5.41) is 7.13. The number of para-hydroxylation sites is 1. The van der Waals surface area contributed by atoms with E-state index in [9.17, 15) is 9.59 Å². The van der Waals surface area contributed by atoms with Crippen LogP contribution in [0.3, 0.4) is 0 Å². The van der Waals surface area contributed by atoms with Gasteiger partial charge < -0.3 is 19.5 Å². The van der Waals surface area contributed by atoms with Gasteiger partial charge in [0.25, 0.3) is 5.91 Å². The van der Waals surface area contributed by atoms with Crippen molar-refractivity contribution in [1.82, 2.24) is 15.0 Å². The molecule has 2 aromatic heterocycles. The van der Waals surface area contributed by atoms with Crippen LogP contribution < -0.4 is 5.32 Å². The molecule has 0 bridgehead atoms. The van der Waals surface area contributed by atoms with Gasteiger partial charge in [-0.15, -0.1) is 0 Å². The maximum atomic E-state index is 13.3. The quantitative estimate of drug-likeness (QED) is 0.648. The van der Waals surface area contributed by atoms with Crippen LogP contribution in [0.15, 0.2) is 34.9 Å². The summed E-state index contributed by atoms with van der Waals surface area (Å²) in [4.78, 5) is 32.8. The predicted molar refractivity (Wildman–Crippen MR) is 111 cm³/mol. The number of rotatable bonds is 5. The van der Waals surface area contributed by atoms with Crippen molar-refractivity contribution < 1.29 is 18.8 Å². The van der Waals surface area contributed by atoms with Crippen molar-refractivity contribution in [2.45, 2.75) is 39.3 Å². The van der Waals surface area contributed by atoms with E-state index in [4.69, 9.17) is 14.2 Å². The Labute approximate surface area is 174 Å². The van der Waals surface area contributed by atoms with Crippen molar-refractivity contribution in [3.8, 4) is 0 Å². The van der Waals surface area contributed by atoms with Crippen LogP contribution in [0.1, 0.15) is 40.7 Å². The van der Waals surface area contributed by atoms with Crippen molar-refractivity contribution in [3.63, 3.8) is 0 Å². The number of nitrogens with zero attached hydrogens (tertiary/aromatic N) is 3. The monoisotopic (exact) mass is 408 g/mol. The Bertz CT molecular complexity index is 1110. The van der Waals surface area contributed by atoms with Gasteiger partial charge >= 0.3 is 5.97 Å². The highest BCUT2D eigenvalue weighted by Crippen LogP contribution is 2.29. The van der Waals surface area contributed by atoms with Crippen LogP contribution in [0.2, 0.25) is 0 Å². The third kappa shape index (κ3) is 3.91. The van der Waals surface area contributed by atoms with Crippen LogP contribution in [0, 0.1) is 6.92 Å². The van der Waals surface area contributed by atoms with Crippen LogP contribution in [0.5, 0.6) is 0 Å². The molecule has 3 heterocycles. The van der Waals surface area contributed by atoms with E-state index in [2.05, 4.69) is 15.4 Å². The van der Waals surface area contributed by atoms with Gasteiger partial charge in [-0.2, -0.15) is 0 Å². The second-order valence-corrected chi connectivity index (χ2v) is 7.53. The highest BCUT2D eigenvalue weighted by molar-refractivity contribution is 6.06. The average Bonchev–Trinajstić information content (AvgIpc) is 3.14. The summed E-state index contributed by atoms with van der Waals surface area (Å²) in [6, 6.07) is 9.13. The van der Waals surface area contributed by atoms with Crippen LogP contribution in [0.4, 0.5) is 5.82 Å². The van der Waals surface area contributed by atoms with Crippen molar-refractivity contribution >= 4 is 28.6 Å². The van der Waals surface area contributed by atoms with Gasteiger partial charge in [-0.3, -0.25) is 9.78 Å². The second kappa shape index (κ2) is 8.23. The SMILES string of the molecule is CCC(OC(=O)c1c2c(nc3ccccc13)CCN(C)C2)C(=O)Nc1cc(C)on1. The number of esters is 1. The zero-order valence-electron chi connectivity index (χ0n) is 17.3. The Hall–Kier alpha value is -3.26. The first-order valence-corrected chi connectivity index (χ1v) is 10.0. The van der Waals surface area contributed by atoms with Crippen molar-refractivity contribution in [2.75, 3.05) is 18.9 Å². The van der Waals surface area contributed by atoms with Gasteiger partial charge in [0.2, 0.25) is 0 Å². The summed E-state index contributed by atoms with van der Waals surface area (Å²) in [6.07, 6.45) is 0.151. The smallest absolute Gasteiger partial charge is 0.340 e. The van der Waals surface area contributed by atoms with E-state index >= 15 is 0 Å². The Morgan fingerprint density at radius 2 is 2.13 bits per heavy atom. The largest absolute Gasteiger partial charge is 0.449 e. The summed E-state index contributed by atoms with van der Waals surface area (Å²) in [5.74, 6) is -0.0864. The van der Waals surface area contributed by atoms with Gasteiger partial charge in [0.1, 0.15) is 5.76 Å². The Morgan fingerprint density at radius 1 is 1.33 bits per heavy atom. The Kier molecular flexibility index (Phi) is 5.50. The lowest BCUT2D eigenvalue weighted by molar-refractivity contribution is -0.124. The third-order valence-electron chi connectivity index (χ3n) is 5.23. The van der Waals surface area contributed by atoms with Crippen molar-refractivity contribution in [3.05, 3.63) is 52.9 Å². The molecule has 0 fully saturated rings. The number of hydrogen-bond donors (Lipinski definition) is 1. The molecule has 1 amide bonds. The maximum absolute atomic E-state index is 13.3. The number of nitrogens with one attached hydrogen (secondary N) is 1. The van der Waals surface area contributed by atoms with Crippen LogP contribution in [-0.4, -0.2) is 46.6 Å². The molecule has 4 rings (SSSR count). The van der Waals surface area contributed by atoms with Crippen molar-refractivity contribution in [1.29, 1.82) is 0 Å². The maximum Gasteiger partial charge on any atom is 0.340 e. The fourth-order valence-electron chi connectivity index (χ4n) is 3.70. The number of benzene rings is 1. The molecule has 1 atom stereocenters. The molecule has 3 aromatic rings. The molecule has 0 saturated carbocycles. The second-order valence-electron chi connectivity index (χ2n) is 7.53. The van der Waals surface area contributed by atoms with Gasteiger partial charge in [-0.05, 0) is 26.5 Å². The minimum absolute atomic E-state index is 0.292. The standard InChI is InChI=1S/C22H24N4O4/c1-4-18(21(27)24-19-11-13(2)30-25-19)29-22(28)20-14-7-5-6-8-16(14)23-17-9-10-26(3)12-15(17)20/h5-8,11,18H,4,9-10,12H2,1-3H3,(H,24,25,27). The topological polar surface area (TPSA) is 97.6 Å². The molecule has 1 unspecified atom stereocenters. The number of fused-ring (bicyclic) bond motifs is 2. The molecule has 0 spiro atoms. The number of carbonyl (C=O) groups is 2. The number of aryl methyl sites for hydroxylation is 1. The summed E-state index contributed by atoms with van der Waals surface area (Å²) in [7, 11) is 2.01. The fourth-order valence-corrected chi connectivity index (χ4v) is 3.70. The average molecular weight is 408 g/mol. The van der Waals surface area contributed by atoms with E-state index in [0.717, 1.165) is 35.1 Å². The number of hydrogen-bond acceptors (Lipinski definition) is 7. The number of anilines is 1. The van der Waals surface area contributed by atoms with E-state index in [0.29, 0.717) is 30.1 Å². The van der Waals surface area contributed by atoms with Crippen molar-refractivity contribution in [2.24, 2.45) is 0 Å². The zero-order chi connectivity index (χ0) is 21.3. The molecule has 1 aromatic carbocycles. The number of carbonyl (C=O) groups excluding carboxylic acids is 2. The Morgan fingerprint density at radius 3 is 2.87 bits per heavy atom. The van der Waals surface area contributed by atoms with Gasteiger partial charge in [0.05, 0.1) is 11.1 Å². The lowest BCUT2D eigenvalue weighted by Gasteiger charge is -2.27. The fraction of sp³-hybridized carbons (Fsp3) is 0.364. The summed E-state index contributed by atoms with van der Waals surface area (Å²) >= 11 is 0. The third-order valence-corrected chi connectivity index (χ3v) is 5.23. The number of likely N-dealkylation sites (N-methyl/N-ethyl adjacent to an activating group) is 1. The lowest BCUT2D eigenvalue weighted by atomic mass is 9.96. The first kappa shape index (κ1) is 20.0. The summed E-state index contributed by atoms with van der Waals surface area (Å²) in [6.45, 7) is 5.01. The van der Waals surface area contributed by atoms with Gasteiger partial charge in [-0.1, -0.05) is 30.3 Å². The van der Waals surface area contributed by atoms with Gasteiger partial charge in [0.15, 0.2) is 11.9 Å². The Balaban J connectivity index is 1.65. The number of amides is 1. The molecule has 30 heavy (non-hydrogen) atoms. The number of ether oxygens (including phenoxy) is 1. The molecular weight excluding hydrogens is 384 g/mol. The predicted octanol–water partition coefficient (Wildman–Crippen LogP) is 3.09. The lowest BCUT2D eigenvalue weighted by Crippen LogP contribution is -2.34.